The average Bonchev–Trinajstić information content (AvgIpc) is 3.17. The summed E-state index contributed by atoms with van der Waals surface area (Å²) in [7, 11) is 0. The van der Waals surface area contributed by atoms with E-state index in [-0.39, 0.29) is 35.8 Å². The number of carboxylic acids is 1. The highest BCUT2D eigenvalue weighted by Crippen LogP contribution is 2.30. The molecule has 0 unspecified atom stereocenters. The average molecular weight is 730 g/mol. The molecule has 54 heavy (non-hydrogen) atoms. The Morgan fingerprint density at radius 2 is 1.13 bits per heavy atom. The number of esters is 1. The number of hydrogen-bond donors (Lipinski definition) is 2. The Kier molecular flexibility index (Phi) is 11.5. The minimum Gasteiger partial charge on any atom is -0.478 e. The monoisotopic (exact) mass is 729 g/mol. The highest BCUT2D eigenvalue weighted by Gasteiger charge is 2.19. The third-order valence-electron chi connectivity index (χ3n) is 7.99. The van der Waals surface area contributed by atoms with Gasteiger partial charge in [0.25, 0.3) is 5.69 Å². The molecule has 0 saturated heterocycles. The molecule has 2 N–H and O–H groups in total. The number of carboxylic acid groups (broad SMARTS) is 1. The molecule has 0 aromatic heterocycles. The van der Waals surface area contributed by atoms with Crippen LogP contribution < -0.4 is 19.1 Å². The van der Waals surface area contributed by atoms with Gasteiger partial charge in [0.05, 0.1) is 16.1 Å². The standard InChI is InChI=1S/C41H31NO12/c1-26-2-21-38(40(43)44)39(22-26)41(45)53-36-15-13-34(14-16-36)51-32-9-4-27(5-10-32)28-6-11-33(12-7-28)52-35-17-19-37(20-18-35)54-50-25-30-23-31(42(46)47)8-3-29(30)24-49-48/h2-23,48H,24-25H2,1H3,(H,43,44). The fourth-order valence-electron chi connectivity index (χ4n) is 5.25. The molecule has 0 heterocycles. The van der Waals surface area contributed by atoms with E-state index >= 15 is 0 Å². The predicted molar refractivity (Wildman–Crippen MR) is 194 cm³/mol. The summed E-state index contributed by atoms with van der Waals surface area (Å²) in [6.45, 7) is 1.48. The largest absolute Gasteiger partial charge is 0.478 e. The van der Waals surface area contributed by atoms with Crippen LogP contribution in [0.1, 0.15) is 37.4 Å². The third-order valence-corrected chi connectivity index (χ3v) is 7.99. The number of nitro groups is 1. The number of aromatic carboxylic acids is 1. The van der Waals surface area contributed by atoms with Crippen molar-refractivity contribution in [2.45, 2.75) is 20.1 Å². The maximum Gasteiger partial charge on any atom is 0.344 e. The van der Waals surface area contributed by atoms with E-state index in [2.05, 4.69) is 4.89 Å². The van der Waals surface area contributed by atoms with Crippen LogP contribution in [0.5, 0.6) is 34.5 Å². The van der Waals surface area contributed by atoms with Gasteiger partial charge in [0.15, 0.2) is 5.75 Å². The quantitative estimate of drug-likeness (QED) is 0.0337. The van der Waals surface area contributed by atoms with Crippen molar-refractivity contribution >= 4 is 17.6 Å². The van der Waals surface area contributed by atoms with Crippen LogP contribution in [0.3, 0.4) is 0 Å². The molecule has 6 rings (SSSR count). The molecular formula is C41H31NO12. The van der Waals surface area contributed by atoms with Crippen LogP contribution in [0.4, 0.5) is 5.69 Å². The van der Waals surface area contributed by atoms with Gasteiger partial charge in [0, 0.05) is 12.1 Å². The fourth-order valence-corrected chi connectivity index (χ4v) is 5.25. The van der Waals surface area contributed by atoms with E-state index in [1.807, 2.05) is 48.5 Å². The zero-order valence-corrected chi connectivity index (χ0v) is 28.5. The first-order chi connectivity index (χ1) is 26.1. The Morgan fingerprint density at radius 1 is 0.611 bits per heavy atom. The van der Waals surface area contributed by atoms with Gasteiger partial charge in [-0.3, -0.25) is 15.4 Å². The maximum absolute atomic E-state index is 12.7. The second-order valence-corrected chi connectivity index (χ2v) is 11.8. The fraction of sp³-hybridized carbons (Fsp3) is 0.0732. The number of hydrogen-bond acceptors (Lipinski definition) is 11. The number of non-ortho nitro benzene ring substituents is 1. The lowest BCUT2D eigenvalue weighted by Gasteiger charge is -2.11. The smallest absolute Gasteiger partial charge is 0.344 e. The highest BCUT2D eigenvalue weighted by molar-refractivity contribution is 6.03. The highest BCUT2D eigenvalue weighted by atomic mass is 17.2. The molecular weight excluding hydrogens is 698 g/mol. The van der Waals surface area contributed by atoms with Gasteiger partial charge in [-0.1, -0.05) is 35.9 Å². The number of carbonyl (C=O) groups excluding carboxylic acids is 1. The van der Waals surface area contributed by atoms with Crippen LogP contribution in [0.15, 0.2) is 133 Å². The number of benzene rings is 6. The molecule has 0 radical (unpaired) electrons. The summed E-state index contributed by atoms with van der Waals surface area (Å²) >= 11 is 0. The SMILES string of the molecule is Cc1ccc(C(=O)O)c(C(=O)Oc2ccc(Oc3ccc(-c4ccc(Oc5ccc(OOCc6cc([N+](=O)[O-])ccc6COO)cc5)cc4)cc3)cc2)c1. The first-order valence-electron chi connectivity index (χ1n) is 16.3. The predicted octanol–water partition coefficient (Wildman–Crippen LogP) is 9.57. The molecule has 13 nitrogen and oxygen atoms in total. The van der Waals surface area contributed by atoms with E-state index in [4.69, 9.17) is 29.2 Å². The zero-order valence-electron chi connectivity index (χ0n) is 28.5. The van der Waals surface area contributed by atoms with Crippen LogP contribution >= 0.6 is 0 Å². The van der Waals surface area contributed by atoms with Gasteiger partial charge in [0.1, 0.15) is 42.0 Å². The number of nitro benzene ring substituents is 1. The number of rotatable bonds is 15. The van der Waals surface area contributed by atoms with Crippen LogP contribution in [-0.4, -0.2) is 27.2 Å². The second-order valence-electron chi connectivity index (χ2n) is 11.8. The molecule has 0 aliphatic carbocycles. The lowest BCUT2D eigenvalue weighted by molar-refractivity contribution is -0.385. The number of nitrogens with zero attached hydrogens (tertiary/aromatic N) is 1. The summed E-state index contributed by atoms with van der Waals surface area (Å²) < 4.78 is 17.3. The molecule has 272 valence electrons. The molecule has 13 heteroatoms. The van der Waals surface area contributed by atoms with Crippen molar-refractivity contribution < 1.29 is 53.7 Å². The minimum absolute atomic E-state index is 0.0268. The molecule has 0 saturated carbocycles. The van der Waals surface area contributed by atoms with Crippen molar-refractivity contribution in [1.82, 2.24) is 0 Å². The van der Waals surface area contributed by atoms with Crippen molar-refractivity contribution in [3.05, 3.63) is 171 Å². The van der Waals surface area contributed by atoms with Crippen molar-refractivity contribution in [2.75, 3.05) is 0 Å². The molecule has 0 atom stereocenters. The Morgan fingerprint density at radius 3 is 1.65 bits per heavy atom. The summed E-state index contributed by atoms with van der Waals surface area (Å²) in [5.74, 6) is 0.924. The van der Waals surface area contributed by atoms with Crippen molar-refractivity contribution in [3.63, 3.8) is 0 Å². The van der Waals surface area contributed by atoms with E-state index in [9.17, 15) is 24.8 Å². The zero-order chi connectivity index (χ0) is 38.0. The molecule has 0 aliphatic rings. The molecule has 0 spiro atoms. The van der Waals surface area contributed by atoms with Crippen LogP contribution in [0.2, 0.25) is 0 Å². The normalized spacial score (nSPS) is 10.7. The Bertz CT molecular complexity index is 2250. The van der Waals surface area contributed by atoms with E-state index in [0.29, 0.717) is 39.9 Å². The minimum atomic E-state index is -1.21. The number of ether oxygens (including phenoxy) is 3. The topological polar surface area (TPSA) is 173 Å². The molecule has 0 amide bonds. The molecule has 6 aromatic rings. The Hall–Kier alpha value is -7.06. The lowest BCUT2D eigenvalue weighted by Crippen LogP contribution is -2.14. The molecule has 0 aliphatic heterocycles. The lowest BCUT2D eigenvalue weighted by atomic mass is 10.0. The van der Waals surface area contributed by atoms with Gasteiger partial charge in [-0.15, -0.1) is 0 Å². The molecule has 0 fully saturated rings. The maximum atomic E-state index is 12.7. The Labute approximate surface area is 308 Å². The first-order valence-corrected chi connectivity index (χ1v) is 16.3. The van der Waals surface area contributed by atoms with Crippen LogP contribution in [-0.2, 0) is 23.0 Å². The number of carbonyl (C=O) groups is 2. The summed E-state index contributed by atoms with van der Waals surface area (Å²) in [5.41, 5.74) is 3.30. The first kappa shape index (κ1) is 36.7. The second kappa shape index (κ2) is 17.0. The summed E-state index contributed by atoms with van der Waals surface area (Å²) in [4.78, 5) is 49.6. The Balaban J connectivity index is 0.988. The van der Waals surface area contributed by atoms with Gasteiger partial charge in [-0.25, -0.2) is 14.5 Å². The van der Waals surface area contributed by atoms with E-state index in [0.717, 1.165) is 16.7 Å². The van der Waals surface area contributed by atoms with E-state index in [1.165, 1.54) is 30.3 Å². The summed E-state index contributed by atoms with van der Waals surface area (Å²) in [6.07, 6.45) is 0. The van der Waals surface area contributed by atoms with Crippen LogP contribution in [0.25, 0.3) is 11.1 Å². The number of aryl methyl sites for hydroxylation is 1. The van der Waals surface area contributed by atoms with Crippen LogP contribution in [0, 0.1) is 17.0 Å². The van der Waals surface area contributed by atoms with Gasteiger partial charge in [-0.2, -0.15) is 4.89 Å². The summed E-state index contributed by atoms with van der Waals surface area (Å²) in [6, 6.07) is 36.7. The van der Waals surface area contributed by atoms with Gasteiger partial charge < -0.3 is 24.2 Å². The van der Waals surface area contributed by atoms with Crippen molar-refractivity contribution in [2.24, 2.45) is 0 Å². The van der Waals surface area contributed by atoms with E-state index < -0.39 is 16.9 Å². The van der Waals surface area contributed by atoms with Gasteiger partial charge in [0.2, 0.25) is 0 Å². The molecule has 0 bridgehead atoms. The van der Waals surface area contributed by atoms with Gasteiger partial charge in [-0.05, 0) is 120 Å². The van der Waals surface area contributed by atoms with E-state index in [1.54, 1.807) is 61.5 Å². The van der Waals surface area contributed by atoms with Crippen molar-refractivity contribution in [3.8, 4) is 45.6 Å². The molecule has 6 aromatic carbocycles. The van der Waals surface area contributed by atoms with Gasteiger partial charge >= 0.3 is 11.9 Å². The summed E-state index contributed by atoms with van der Waals surface area (Å²) in [5, 5.41) is 29.3. The van der Waals surface area contributed by atoms with Crippen molar-refractivity contribution in [1.29, 1.82) is 0 Å². The third kappa shape index (κ3) is 9.43.